The molecule has 2 unspecified atom stereocenters. The van der Waals surface area contributed by atoms with Gasteiger partial charge in [0.05, 0.1) is 13.2 Å². The lowest BCUT2D eigenvalue weighted by atomic mass is 10.1. The Kier molecular flexibility index (Phi) is 6.57. The fraction of sp³-hybridized carbons (Fsp3) is 1.00. The van der Waals surface area contributed by atoms with Gasteiger partial charge in [0.2, 0.25) is 0 Å². The summed E-state index contributed by atoms with van der Waals surface area (Å²) in [4.78, 5) is 4.85. The van der Waals surface area contributed by atoms with Crippen molar-refractivity contribution in [3.63, 3.8) is 0 Å². The van der Waals surface area contributed by atoms with Crippen LogP contribution in [0.25, 0.3) is 0 Å². The van der Waals surface area contributed by atoms with E-state index in [0.29, 0.717) is 13.2 Å². The lowest BCUT2D eigenvalue weighted by Gasteiger charge is -2.32. The van der Waals surface area contributed by atoms with E-state index >= 15 is 0 Å². The molecule has 2 atom stereocenters. The van der Waals surface area contributed by atoms with E-state index in [1.54, 1.807) is 0 Å². The fourth-order valence-electron chi connectivity index (χ4n) is 3.04. The van der Waals surface area contributed by atoms with Crippen molar-refractivity contribution in [1.29, 1.82) is 0 Å². The molecule has 2 heterocycles. The van der Waals surface area contributed by atoms with Crippen LogP contribution in [0.4, 0.5) is 0 Å². The first kappa shape index (κ1) is 15.2. The Bertz CT molecular complexity index is 238. The number of likely N-dealkylation sites (tertiary alicyclic amines) is 2. The summed E-state index contributed by atoms with van der Waals surface area (Å²) in [6.45, 7) is 10.5. The molecule has 0 aromatic heterocycles. The van der Waals surface area contributed by atoms with Gasteiger partial charge < -0.3 is 9.47 Å². The SMILES string of the molecule is CC(OCCOC(C)N1CCCC1)N1CCCCC1. The third-order valence-electron chi connectivity index (χ3n) is 4.36. The molecule has 2 fully saturated rings. The molecular weight excluding hydrogens is 240 g/mol. The first-order valence-electron chi connectivity index (χ1n) is 7.98. The number of ether oxygens (including phenoxy) is 2. The Balaban J connectivity index is 1.53. The van der Waals surface area contributed by atoms with Gasteiger partial charge in [0, 0.05) is 26.2 Å². The second kappa shape index (κ2) is 8.20. The minimum atomic E-state index is 0.242. The highest BCUT2D eigenvalue weighted by atomic mass is 16.5. The molecule has 19 heavy (non-hydrogen) atoms. The lowest BCUT2D eigenvalue weighted by molar-refractivity contribution is -0.0994. The number of nitrogens with zero attached hydrogens (tertiary/aromatic N) is 2. The quantitative estimate of drug-likeness (QED) is 0.663. The summed E-state index contributed by atoms with van der Waals surface area (Å²) in [6.07, 6.45) is 7.13. The molecule has 0 N–H and O–H groups in total. The van der Waals surface area contributed by atoms with Crippen LogP contribution in [0.1, 0.15) is 46.0 Å². The summed E-state index contributed by atoms with van der Waals surface area (Å²) < 4.78 is 11.7. The van der Waals surface area contributed by atoms with Gasteiger partial charge in [-0.1, -0.05) is 6.42 Å². The van der Waals surface area contributed by atoms with E-state index in [2.05, 4.69) is 23.6 Å². The number of piperidine rings is 1. The topological polar surface area (TPSA) is 24.9 Å². The molecule has 0 spiro atoms. The third-order valence-corrected chi connectivity index (χ3v) is 4.36. The van der Waals surface area contributed by atoms with Crippen LogP contribution in [0.3, 0.4) is 0 Å². The zero-order valence-corrected chi connectivity index (χ0v) is 12.6. The summed E-state index contributed by atoms with van der Waals surface area (Å²) in [6, 6.07) is 0. The molecule has 2 rings (SSSR count). The molecule has 0 amide bonds. The zero-order chi connectivity index (χ0) is 13.5. The van der Waals surface area contributed by atoms with Crippen LogP contribution in [-0.2, 0) is 9.47 Å². The minimum Gasteiger partial charge on any atom is -0.361 e. The highest BCUT2D eigenvalue weighted by molar-refractivity contribution is 4.67. The molecule has 2 aliphatic rings. The Labute approximate surface area is 118 Å². The van der Waals surface area contributed by atoms with Crippen molar-refractivity contribution in [3.8, 4) is 0 Å². The maximum absolute atomic E-state index is 5.88. The van der Waals surface area contributed by atoms with Crippen molar-refractivity contribution in [1.82, 2.24) is 9.80 Å². The van der Waals surface area contributed by atoms with Gasteiger partial charge in [-0.05, 0) is 39.5 Å². The van der Waals surface area contributed by atoms with E-state index in [9.17, 15) is 0 Å². The summed E-state index contributed by atoms with van der Waals surface area (Å²) in [5.74, 6) is 0. The minimum absolute atomic E-state index is 0.242. The largest absolute Gasteiger partial charge is 0.361 e. The smallest absolute Gasteiger partial charge is 0.107 e. The molecule has 0 saturated carbocycles. The van der Waals surface area contributed by atoms with Crippen molar-refractivity contribution in [2.45, 2.75) is 58.4 Å². The fourth-order valence-corrected chi connectivity index (χ4v) is 3.04. The molecule has 2 aliphatic heterocycles. The maximum Gasteiger partial charge on any atom is 0.107 e. The Morgan fingerprint density at radius 2 is 1.05 bits per heavy atom. The van der Waals surface area contributed by atoms with Gasteiger partial charge in [0.1, 0.15) is 12.5 Å². The van der Waals surface area contributed by atoms with Crippen molar-refractivity contribution >= 4 is 0 Å². The van der Waals surface area contributed by atoms with Gasteiger partial charge in [-0.2, -0.15) is 0 Å². The molecule has 0 aromatic carbocycles. The summed E-state index contributed by atoms with van der Waals surface area (Å²) in [7, 11) is 0. The summed E-state index contributed by atoms with van der Waals surface area (Å²) in [5, 5.41) is 0. The first-order valence-corrected chi connectivity index (χ1v) is 7.98. The van der Waals surface area contributed by atoms with Crippen LogP contribution in [0, 0.1) is 0 Å². The van der Waals surface area contributed by atoms with E-state index in [1.807, 2.05) is 0 Å². The summed E-state index contributed by atoms with van der Waals surface area (Å²) in [5.41, 5.74) is 0. The standard InChI is InChI=1S/C15H30N2O2/c1-14(16-8-4-3-5-9-16)18-12-13-19-15(2)17-10-6-7-11-17/h14-15H,3-13H2,1-2H3. The lowest BCUT2D eigenvalue weighted by Crippen LogP contribution is -2.40. The highest BCUT2D eigenvalue weighted by Crippen LogP contribution is 2.14. The monoisotopic (exact) mass is 270 g/mol. The van der Waals surface area contributed by atoms with Gasteiger partial charge in [0.15, 0.2) is 0 Å². The molecule has 0 aromatic rings. The van der Waals surface area contributed by atoms with Crippen molar-refractivity contribution in [3.05, 3.63) is 0 Å². The van der Waals surface area contributed by atoms with Crippen LogP contribution in [0.15, 0.2) is 0 Å². The number of hydrogen-bond acceptors (Lipinski definition) is 4. The van der Waals surface area contributed by atoms with Gasteiger partial charge in [-0.25, -0.2) is 0 Å². The van der Waals surface area contributed by atoms with Crippen molar-refractivity contribution in [2.24, 2.45) is 0 Å². The van der Waals surface area contributed by atoms with E-state index < -0.39 is 0 Å². The van der Waals surface area contributed by atoms with Gasteiger partial charge in [-0.15, -0.1) is 0 Å². The van der Waals surface area contributed by atoms with Crippen LogP contribution in [0.2, 0.25) is 0 Å². The number of rotatable bonds is 7. The molecular formula is C15H30N2O2. The van der Waals surface area contributed by atoms with Crippen molar-refractivity contribution < 1.29 is 9.47 Å². The average Bonchev–Trinajstić information content (AvgIpc) is 2.98. The number of hydrogen-bond donors (Lipinski definition) is 0. The molecule has 0 aliphatic carbocycles. The van der Waals surface area contributed by atoms with Crippen LogP contribution in [-0.4, -0.2) is 61.6 Å². The maximum atomic E-state index is 5.88. The molecule has 0 radical (unpaired) electrons. The van der Waals surface area contributed by atoms with Crippen LogP contribution in [0.5, 0.6) is 0 Å². The van der Waals surface area contributed by atoms with E-state index in [-0.39, 0.29) is 12.5 Å². The van der Waals surface area contributed by atoms with Crippen LogP contribution >= 0.6 is 0 Å². The molecule has 112 valence electrons. The first-order chi connectivity index (χ1) is 9.27. The normalized spacial score (nSPS) is 25.6. The highest BCUT2D eigenvalue weighted by Gasteiger charge is 2.19. The van der Waals surface area contributed by atoms with Gasteiger partial charge in [0.25, 0.3) is 0 Å². The predicted molar refractivity (Wildman–Crippen MR) is 77.1 cm³/mol. The second-order valence-corrected chi connectivity index (χ2v) is 5.78. The average molecular weight is 270 g/mol. The van der Waals surface area contributed by atoms with Gasteiger partial charge in [-0.3, -0.25) is 9.80 Å². The van der Waals surface area contributed by atoms with Crippen molar-refractivity contribution in [2.75, 3.05) is 39.4 Å². The Hall–Kier alpha value is -0.160. The van der Waals surface area contributed by atoms with Crippen LogP contribution < -0.4 is 0 Å². The zero-order valence-electron chi connectivity index (χ0n) is 12.6. The third kappa shape index (κ3) is 5.03. The second-order valence-electron chi connectivity index (χ2n) is 5.78. The Morgan fingerprint density at radius 1 is 0.684 bits per heavy atom. The predicted octanol–water partition coefficient (Wildman–Crippen LogP) is 2.29. The molecule has 4 nitrogen and oxygen atoms in total. The van der Waals surface area contributed by atoms with E-state index in [1.165, 1.54) is 58.3 Å². The Morgan fingerprint density at radius 3 is 1.47 bits per heavy atom. The van der Waals surface area contributed by atoms with E-state index in [0.717, 1.165) is 0 Å². The molecule has 4 heteroatoms. The van der Waals surface area contributed by atoms with E-state index in [4.69, 9.17) is 9.47 Å². The van der Waals surface area contributed by atoms with Gasteiger partial charge >= 0.3 is 0 Å². The molecule has 2 saturated heterocycles. The summed E-state index contributed by atoms with van der Waals surface area (Å²) >= 11 is 0. The molecule has 0 bridgehead atoms.